The van der Waals surface area contributed by atoms with E-state index in [0.717, 1.165) is 11.2 Å². The van der Waals surface area contributed by atoms with E-state index in [-0.39, 0.29) is 23.8 Å². The highest BCUT2D eigenvalue weighted by Crippen LogP contribution is 2.25. The maximum atomic E-state index is 13.8. The Morgan fingerprint density at radius 1 is 1.06 bits per heavy atom. The van der Waals surface area contributed by atoms with Crippen molar-refractivity contribution >= 4 is 46.2 Å². The summed E-state index contributed by atoms with van der Waals surface area (Å²) < 4.78 is 11.8. The van der Waals surface area contributed by atoms with E-state index in [1.54, 1.807) is 60.7 Å². The number of aliphatic carboxylic acids is 1. The van der Waals surface area contributed by atoms with Crippen LogP contribution in [0.25, 0.3) is 11.0 Å². The van der Waals surface area contributed by atoms with Crippen LogP contribution in [-0.4, -0.2) is 95.9 Å². The Morgan fingerprint density at radius 2 is 1.79 bits per heavy atom. The third-order valence-corrected chi connectivity index (χ3v) is 7.65. The molecule has 47 heavy (non-hydrogen) atoms. The number of ether oxygens (including phenoxy) is 2. The normalized spacial score (nSPS) is 20.8. The van der Waals surface area contributed by atoms with Gasteiger partial charge >= 0.3 is 11.9 Å². The second kappa shape index (κ2) is 13.9. The molecule has 0 spiro atoms. The topological polar surface area (TPSA) is 246 Å². The molecule has 0 bridgehead atoms. The predicted molar refractivity (Wildman–Crippen MR) is 166 cm³/mol. The third-order valence-electron chi connectivity index (χ3n) is 7.65. The number of fused-ring (bicyclic) bond motifs is 1. The molecule has 4 aromatic rings. The first-order valence-electron chi connectivity index (χ1n) is 14.4. The monoisotopic (exact) mass is 647 g/mol. The number of amides is 1. The first kappa shape index (κ1) is 33.0. The number of hydrogen-bond donors (Lipinski definition) is 7. The van der Waals surface area contributed by atoms with Crippen LogP contribution in [0.1, 0.15) is 28.2 Å². The average molecular weight is 648 g/mol. The quantitative estimate of drug-likeness (QED) is 0.0660. The number of anilines is 2. The Morgan fingerprint density at radius 3 is 2.45 bits per heavy atom. The molecule has 3 heterocycles. The molecule has 1 fully saturated rings. The number of nitrogens with zero attached hydrogens (tertiary/aromatic N) is 4. The van der Waals surface area contributed by atoms with E-state index in [4.69, 9.17) is 25.6 Å². The smallest absolute Gasteiger partial charge is 0.336 e. The second-order valence-electron chi connectivity index (χ2n) is 10.8. The van der Waals surface area contributed by atoms with Gasteiger partial charge in [0.05, 0.1) is 24.0 Å². The molecule has 1 amide bonds. The summed E-state index contributed by atoms with van der Waals surface area (Å²) in [7, 11) is 1.85. The zero-order chi connectivity index (χ0) is 33.8. The first-order valence-corrected chi connectivity index (χ1v) is 14.4. The summed E-state index contributed by atoms with van der Waals surface area (Å²) in [5, 5.41) is 50.1. The molecule has 0 aliphatic carbocycles. The van der Waals surface area contributed by atoms with Gasteiger partial charge in [-0.3, -0.25) is 19.9 Å². The van der Waals surface area contributed by atoms with Crippen LogP contribution in [0.4, 0.5) is 11.5 Å². The van der Waals surface area contributed by atoms with Crippen molar-refractivity contribution in [1.29, 1.82) is 5.41 Å². The molecular weight excluding hydrogens is 614 g/mol. The summed E-state index contributed by atoms with van der Waals surface area (Å²) in [5.74, 6) is -2.22. The standard InChI is InChI=1S/C31H33N7O9/c1-37-20-10-7-17(14-19(20)36-22(37)15-35-18-8-5-16(6-9-18)28(32)33)29(42)38(21-4-2-3-12-34-21)13-11-23(39)46-26-24(40)25(41)31(45)47-27(26)30(43)44/h2-10,12,14,24-27,31,35,40-41,45H,11,13,15H2,1H3,(H3,32,33)(H,43,44). The molecule has 0 saturated carbocycles. The molecule has 16 heteroatoms. The number of esters is 1. The van der Waals surface area contributed by atoms with Crippen LogP contribution in [0.15, 0.2) is 66.9 Å². The number of aromatic nitrogens is 3. The van der Waals surface area contributed by atoms with Crippen LogP contribution in [-0.2, 0) is 32.7 Å². The molecule has 246 valence electrons. The third kappa shape index (κ3) is 7.20. The molecule has 1 aliphatic heterocycles. The van der Waals surface area contributed by atoms with E-state index in [2.05, 4.69) is 10.3 Å². The number of nitrogens with one attached hydrogen (secondary N) is 2. The lowest BCUT2D eigenvalue weighted by Gasteiger charge is -2.38. The Kier molecular flexibility index (Phi) is 9.76. The highest BCUT2D eigenvalue weighted by molar-refractivity contribution is 6.07. The number of pyridine rings is 1. The summed E-state index contributed by atoms with van der Waals surface area (Å²) >= 11 is 0. The van der Waals surface area contributed by atoms with Crippen molar-refractivity contribution in [3.63, 3.8) is 0 Å². The van der Waals surface area contributed by atoms with E-state index >= 15 is 0 Å². The number of carbonyl (C=O) groups excluding carboxylic acids is 2. The molecule has 1 aliphatic rings. The summed E-state index contributed by atoms with van der Waals surface area (Å²) in [6, 6.07) is 17.0. The van der Waals surface area contributed by atoms with Crippen LogP contribution in [0.2, 0.25) is 0 Å². The zero-order valence-corrected chi connectivity index (χ0v) is 25.1. The zero-order valence-electron chi connectivity index (χ0n) is 25.1. The average Bonchev–Trinajstić information content (AvgIpc) is 3.38. The summed E-state index contributed by atoms with van der Waals surface area (Å²) in [6.45, 7) is 0.134. The SMILES string of the molecule is Cn1c(CNc2ccc(C(=N)N)cc2)nc2cc(C(=O)N(CCC(=O)OC3C(C(=O)O)OC(O)C(O)C3O)c3ccccn3)ccc21. The molecule has 1 saturated heterocycles. The molecule has 5 unspecified atom stereocenters. The Balaban J connectivity index is 1.31. The molecule has 5 atom stereocenters. The van der Waals surface area contributed by atoms with Gasteiger partial charge in [0.25, 0.3) is 5.91 Å². The van der Waals surface area contributed by atoms with Crippen LogP contribution in [0, 0.1) is 5.41 Å². The minimum Gasteiger partial charge on any atom is -0.479 e. The van der Waals surface area contributed by atoms with Crippen LogP contribution < -0.4 is 16.0 Å². The number of nitrogen functional groups attached to an aromatic ring is 1. The molecular formula is C31H33N7O9. The fourth-order valence-electron chi connectivity index (χ4n) is 5.07. The fraction of sp³-hybridized carbons (Fsp3) is 0.290. The number of rotatable bonds is 11. The number of benzene rings is 2. The first-order chi connectivity index (χ1) is 22.4. The number of aliphatic hydroxyl groups is 3. The van der Waals surface area contributed by atoms with Gasteiger partial charge in [-0.2, -0.15) is 0 Å². The summed E-state index contributed by atoms with van der Waals surface area (Å²) in [5.41, 5.74) is 8.51. The molecule has 2 aromatic heterocycles. The highest BCUT2D eigenvalue weighted by atomic mass is 16.7. The van der Waals surface area contributed by atoms with Crippen molar-refractivity contribution in [3.05, 3.63) is 83.8 Å². The maximum absolute atomic E-state index is 13.8. The number of aliphatic hydroxyl groups excluding tert-OH is 3. The number of carbonyl (C=O) groups is 3. The van der Waals surface area contributed by atoms with Gasteiger partial charge in [0.2, 0.25) is 0 Å². The van der Waals surface area contributed by atoms with Gasteiger partial charge in [-0.15, -0.1) is 0 Å². The van der Waals surface area contributed by atoms with Crippen molar-refractivity contribution in [2.45, 2.75) is 43.7 Å². The Hall–Kier alpha value is -5.42. The number of amidine groups is 1. The van der Waals surface area contributed by atoms with E-state index < -0.39 is 55.0 Å². The minimum atomic E-state index is -1.99. The van der Waals surface area contributed by atoms with Gasteiger partial charge in [-0.25, -0.2) is 14.8 Å². The van der Waals surface area contributed by atoms with E-state index in [1.807, 2.05) is 11.6 Å². The Labute approximate surface area is 267 Å². The van der Waals surface area contributed by atoms with Gasteiger partial charge in [0.1, 0.15) is 29.7 Å². The van der Waals surface area contributed by atoms with Gasteiger partial charge in [-0.1, -0.05) is 6.07 Å². The van der Waals surface area contributed by atoms with Gasteiger partial charge < -0.3 is 45.5 Å². The minimum absolute atomic E-state index is 0.0238. The van der Waals surface area contributed by atoms with Crippen molar-refractivity contribution < 1.29 is 44.3 Å². The van der Waals surface area contributed by atoms with Crippen molar-refractivity contribution in [1.82, 2.24) is 14.5 Å². The lowest BCUT2D eigenvalue weighted by atomic mass is 9.98. The second-order valence-corrected chi connectivity index (χ2v) is 10.8. The lowest BCUT2D eigenvalue weighted by Crippen LogP contribution is -2.61. The van der Waals surface area contributed by atoms with Gasteiger partial charge in [-0.05, 0) is 54.6 Å². The van der Waals surface area contributed by atoms with Crippen LogP contribution in [0.3, 0.4) is 0 Å². The number of hydrogen-bond acceptors (Lipinski definition) is 12. The van der Waals surface area contributed by atoms with Gasteiger partial charge in [0, 0.05) is 36.6 Å². The Bertz CT molecular complexity index is 1780. The number of aryl methyl sites for hydroxylation is 1. The maximum Gasteiger partial charge on any atom is 0.336 e. The number of carboxylic acids is 1. The van der Waals surface area contributed by atoms with E-state index in [9.17, 15) is 34.8 Å². The summed E-state index contributed by atoms with van der Waals surface area (Å²) in [4.78, 5) is 48.4. The van der Waals surface area contributed by atoms with Crippen LogP contribution in [0.5, 0.6) is 0 Å². The van der Waals surface area contributed by atoms with E-state index in [1.165, 1.54) is 11.1 Å². The van der Waals surface area contributed by atoms with Crippen molar-refractivity contribution in [2.24, 2.45) is 12.8 Å². The van der Waals surface area contributed by atoms with Crippen molar-refractivity contribution in [3.8, 4) is 0 Å². The predicted octanol–water partition coefficient (Wildman–Crippen LogP) is 0.337. The number of carboxylic acid groups (broad SMARTS) is 1. The van der Waals surface area contributed by atoms with Crippen LogP contribution >= 0.6 is 0 Å². The largest absolute Gasteiger partial charge is 0.479 e. The highest BCUT2D eigenvalue weighted by Gasteiger charge is 2.49. The lowest BCUT2D eigenvalue weighted by molar-refractivity contribution is -0.283. The molecule has 16 nitrogen and oxygen atoms in total. The number of imidazole rings is 1. The molecule has 5 rings (SSSR count). The fourth-order valence-corrected chi connectivity index (χ4v) is 5.07. The molecule has 8 N–H and O–H groups in total. The molecule has 0 radical (unpaired) electrons. The van der Waals surface area contributed by atoms with Crippen molar-refractivity contribution in [2.75, 3.05) is 16.8 Å². The molecule has 2 aromatic carbocycles. The summed E-state index contributed by atoms with van der Waals surface area (Å²) in [6.07, 6.45) is -8.55. The van der Waals surface area contributed by atoms with Gasteiger partial charge in [0.15, 0.2) is 18.5 Å². The van der Waals surface area contributed by atoms with E-state index in [0.29, 0.717) is 23.4 Å². The number of nitrogens with two attached hydrogens (primary N) is 1.